The van der Waals surface area contributed by atoms with Gasteiger partial charge >= 0.3 is 14.8 Å². The summed E-state index contributed by atoms with van der Waals surface area (Å²) in [5, 5.41) is 0. The maximum absolute atomic E-state index is 12.0. The van der Waals surface area contributed by atoms with Crippen molar-refractivity contribution in [1.29, 1.82) is 0 Å². The molecule has 0 aliphatic carbocycles. The highest BCUT2D eigenvalue weighted by atomic mass is 127. The Morgan fingerprint density at radius 2 is 1.52 bits per heavy atom. The fraction of sp³-hybridized carbons (Fsp3) is 0.562. The lowest BCUT2D eigenvalue weighted by atomic mass is 10.2. The summed E-state index contributed by atoms with van der Waals surface area (Å²) >= 11 is 2.20. The fourth-order valence-corrected chi connectivity index (χ4v) is 5.06. The van der Waals surface area contributed by atoms with Gasteiger partial charge in [-0.1, -0.05) is 0 Å². The Hall–Kier alpha value is -0.483. The van der Waals surface area contributed by atoms with Crippen LogP contribution in [0.2, 0.25) is 6.04 Å². The molecule has 23 heavy (non-hydrogen) atoms. The van der Waals surface area contributed by atoms with E-state index in [1.807, 2.05) is 32.9 Å². The maximum Gasteiger partial charge on any atom is 0.501 e. The smallest absolute Gasteiger partial charge is 0.462 e. The molecular weight excluding hydrogens is 427 g/mol. The van der Waals surface area contributed by atoms with E-state index in [1.165, 1.54) is 0 Å². The van der Waals surface area contributed by atoms with Crippen LogP contribution in [0.25, 0.3) is 0 Å². The molecule has 0 saturated carbocycles. The Bertz CT molecular complexity index is 449. The van der Waals surface area contributed by atoms with Gasteiger partial charge in [-0.2, -0.15) is 0 Å². The molecule has 1 rings (SSSR count). The molecule has 0 N–H and O–H groups in total. The highest BCUT2D eigenvalue weighted by Gasteiger charge is 2.39. The molecule has 5 nitrogen and oxygen atoms in total. The summed E-state index contributed by atoms with van der Waals surface area (Å²) in [6.07, 6.45) is 0.655. The SMILES string of the molecule is CCO[Si](CCCOC(=O)c1ccc(I)cc1)(OCC)OCC. The number of rotatable bonds is 11. The molecule has 1 aromatic rings. The van der Waals surface area contributed by atoms with Crippen LogP contribution in [-0.2, 0) is 18.0 Å². The minimum absolute atomic E-state index is 0.308. The first kappa shape index (κ1) is 20.6. The predicted molar refractivity (Wildman–Crippen MR) is 99.5 cm³/mol. The summed E-state index contributed by atoms with van der Waals surface area (Å²) in [4.78, 5) is 12.0. The van der Waals surface area contributed by atoms with Crippen LogP contribution >= 0.6 is 22.6 Å². The summed E-state index contributed by atoms with van der Waals surface area (Å²) in [5.74, 6) is -0.308. The van der Waals surface area contributed by atoms with Crippen LogP contribution in [0.4, 0.5) is 0 Å². The summed E-state index contributed by atoms with van der Waals surface area (Å²) in [6.45, 7) is 7.76. The van der Waals surface area contributed by atoms with Gasteiger partial charge in [0.1, 0.15) is 0 Å². The average Bonchev–Trinajstić information content (AvgIpc) is 2.53. The van der Waals surface area contributed by atoms with E-state index in [0.29, 0.717) is 44.5 Å². The lowest BCUT2D eigenvalue weighted by Gasteiger charge is -2.28. The van der Waals surface area contributed by atoms with Gasteiger partial charge < -0.3 is 18.0 Å². The van der Waals surface area contributed by atoms with E-state index in [9.17, 15) is 4.79 Å². The van der Waals surface area contributed by atoms with Crippen molar-refractivity contribution >= 4 is 37.4 Å². The van der Waals surface area contributed by atoms with Crippen LogP contribution in [0.1, 0.15) is 37.6 Å². The third kappa shape index (κ3) is 7.30. The molecule has 0 heterocycles. The number of halogens is 1. The van der Waals surface area contributed by atoms with Gasteiger partial charge in [-0.05, 0) is 74.0 Å². The minimum Gasteiger partial charge on any atom is -0.462 e. The van der Waals surface area contributed by atoms with Crippen LogP contribution in [0.15, 0.2) is 24.3 Å². The monoisotopic (exact) mass is 452 g/mol. The van der Waals surface area contributed by atoms with E-state index in [-0.39, 0.29) is 5.97 Å². The summed E-state index contributed by atoms with van der Waals surface area (Å²) < 4.78 is 23.7. The van der Waals surface area contributed by atoms with Crippen LogP contribution < -0.4 is 0 Å². The van der Waals surface area contributed by atoms with Gasteiger partial charge in [0.25, 0.3) is 0 Å². The van der Waals surface area contributed by atoms with Crippen molar-refractivity contribution in [2.75, 3.05) is 26.4 Å². The van der Waals surface area contributed by atoms with Gasteiger partial charge in [0.2, 0.25) is 0 Å². The molecule has 0 fully saturated rings. The van der Waals surface area contributed by atoms with Gasteiger partial charge in [0.15, 0.2) is 0 Å². The van der Waals surface area contributed by atoms with E-state index in [0.717, 1.165) is 3.57 Å². The number of esters is 1. The van der Waals surface area contributed by atoms with Crippen LogP contribution in [-0.4, -0.2) is 41.2 Å². The summed E-state index contributed by atoms with van der Waals surface area (Å²) in [6, 6.07) is 7.94. The fourth-order valence-electron chi connectivity index (χ4n) is 2.12. The minimum atomic E-state index is -2.65. The number of benzene rings is 1. The highest BCUT2D eigenvalue weighted by molar-refractivity contribution is 14.1. The van der Waals surface area contributed by atoms with Crippen LogP contribution in [0.3, 0.4) is 0 Å². The average molecular weight is 452 g/mol. The molecule has 0 bridgehead atoms. The molecule has 0 spiro atoms. The molecule has 0 unspecified atom stereocenters. The van der Waals surface area contributed by atoms with Crippen molar-refractivity contribution < 1.29 is 22.8 Å². The van der Waals surface area contributed by atoms with Crippen LogP contribution in [0, 0.1) is 3.57 Å². The zero-order valence-electron chi connectivity index (χ0n) is 14.0. The second-order valence-electron chi connectivity index (χ2n) is 4.73. The number of carbonyl (C=O) groups excluding carboxylic acids is 1. The van der Waals surface area contributed by atoms with Gasteiger partial charge in [0, 0.05) is 29.4 Å². The van der Waals surface area contributed by atoms with Crippen molar-refractivity contribution in [1.82, 2.24) is 0 Å². The third-order valence-electron chi connectivity index (χ3n) is 3.03. The Labute approximate surface area is 153 Å². The highest BCUT2D eigenvalue weighted by Crippen LogP contribution is 2.18. The van der Waals surface area contributed by atoms with E-state index < -0.39 is 8.80 Å². The van der Waals surface area contributed by atoms with E-state index in [4.69, 9.17) is 18.0 Å². The zero-order valence-corrected chi connectivity index (χ0v) is 17.1. The summed E-state index contributed by atoms with van der Waals surface area (Å²) in [5.41, 5.74) is 0.563. The molecule has 0 amide bonds. The van der Waals surface area contributed by atoms with E-state index in [1.54, 1.807) is 12.1 Å². The maximum atomic E-state index is 12.0. The van der Waals surface area contributed by atoms with E-state index >= 15 is 0 Å². The van der Waals surface area contributed by atoms with Crippen molar-refractivity contribution in [3.63, 3.8) is 0 Å². The molecule has 0 saturated heterocycles. The molecule has 1 aromatic carbocycles. The number of hydrogen-bond donors (Lipinski definition) is 0. The Morgan fingerprint density at radius 3 is 2.00 bits per heavy atom. The molecule has 0 aliphatic heterocycles. The normalized spacial score (nSPS) is 11.5. The molecule has 7 heteroatoms. The van der Waals surface area contributed by atoms with E-state index in [2.05, 4.69) is 22.6 Å². The molecule has 0 radical (unpaired) electrons. The van der Waals surface area contributed by atoms with Gasteiger partial charge in [-0.25, -0.2) is 4.79 Å². The number of ether oxygens (including phenoxy) is 1. The second-order valence-corrected chi connectivity index (χ2v) is 8.71. The predicted octanol–water partition coefficient (Wildman–Crippen LogP) is 3.89. The Morgan fingerprint density at radius 1 is 1.00 bits per heavy atom. The first-order valence-electron chi connectivity index (χ1n) is 7.91. The van der Waals surface area contributed by atoms with Gasteiger partial charge in [-0.15, -0.1) is 0 Å². The molecule has 130 valence electrons. The van der Waals surface area contributed by atoms with Crippen molar-refractivity contribution in [3.05, 3.63) is 33.4 Å². The Balaban J connectivity index is 2.46. The number of hydrogen-bond acceptors (Lipinski definition) is 5. The molecule has 0 aromatic heterocycles. The Kier molecular flexibility index (Phi) is 9.96. The lowest BCUT2D eigenvalue weighted by Crippen LogP contribution is -2.46. The first-order valence-corrected chi connectivity index (χ1v) is 10.9. The number of carbonyl (C=O) groups is 1. The second kappa shape index (κ2) is 11.1. The first-order chi connectivity index (χ1) is 11.1. The van der Waals surface area contributed by atoms with Crippen molar-refractivity contribution in [3.8, 4) is 0 Å². The zero-order chi connectivity index (χ0) is 17.1. The summed E-state index contributed by atoms with van der Waals surface area (Å²) in [7, 11) is -2.65. The van der Waals surface area contributed by atoms with Gasteiger partial charge in [0.05, 0.1) is 12.2 Å². The van der Waals surface area contributed by atoms with Crippen molar-refractivity contribution in [2.45, 2.75) is 33.2 Å². The molecule has 0 atom stereocenters. The lowest BCUT2D eigenvalue weighted by molar-refractivity contribution is 0.0468. The third-order valence-corrected chi connectivity index (χ3v) is 6.90. The van der Waals surface area contributed by atoms with Crippen molar-refractivity contribution in [2.24, 2.45) is 0 Å². The standard InChI is InChI=1S/C16H25IO5Si/c1-4-20-23(21-5-2,22-6-3)13-7-12-19-16(18)14-8-10-15(17)11-9-14/h8-11H,4-7,12-13H2,1-3H3. The topological polar surface area (TPSA) is 54.0 Å². The molecule has 0 aliphatic rings. The van der Waals surface area contributed by atoms with Gasteiger partial charge in [-0.3, -0.25) is 0 Å². The van der Waals surface area contributed by atoms with Crippen LogP contribution in [0.5, 0.6) is 0 Å². The molecular formula is C16H25IO5Si. The quantitative estimate of drug-likeness (QED) is 0.221. The largest absolute Gasteiger partial charge is 0.501 e.